The first-order valence-electron chi connectivity index (χ1n) is 14.1. The molecule has 1 amide bonds. The number of hydrogen-bond donors (Lipinski definition) is 8. The Morgan fingerprint density at radius 3 is 2.42 bits per heavy atom. The zero-order valence-corrected chi connectivity index (χ0v) is 24.2. The maximum atomic E-state index is 14.1. The summed E-state index contributed by atoms with van der Waals surface area (Å²) in [5.41, 5.74) is 0.0855. The predicted octanol–water partition coefficient (Wildman–Crippen LogP) is -1.24. The molecule has 0 spiro atoms. The van der Waals surface area contributed by atoms with Gasteiger partial charge in [0.1, 0.15) is 17.6 Å². The molecular formula is C29H38N4O10. The molecule has 0 radical (unpaired) electrons. The van der Waals surface area contributed by atoms with Gasteiger partial charge >= 0.3 is 5.97 Å². The molecule has 9 N–H and O–H groups in total. The van der Waals surface area contributed by atoms with Gasteiger partial charge in [-0.15, -0.1) is 0 Å². The first-order valence-corrected chi connectivity index (χ1v) is 14.1. The summed E-state index contributed by atoms with van der Waals surface area (Å²) in [6.45, 7) is 1.33. The molecule has 1 aromatic carbocycles. The minimum absolute atomic E-state index is 0.124. The van der Waals surface area contributed by atoms with Crippen LogP contribution in [0.3, 0.4) is 0 Å². The number of amides is 1. The van der Waals surface area contributed by atoms with Crippen LogP contribution in [0.15, 0.2) is 23.8 Å². The number of Topliss-reactive ketones (excluding diaryl/α,β-unsaturated/α-hetero) is 3. The Balaban J connectivity index is 1.69. The molecule has 0 heterocycles. The number of likely N-dealkylation sites (N-methyl/N-ethyl adjacent to an activating group) is 1. The number of unbranched alkanes of at least 4 members (excludes halogenated alkanes) is 1. The van der Waals surface area contributed by atoms with E-state index in [1.54, 1.807) is 0 Å². The van der Waals surface area contributed by atoms with Crippen molar-refractivity contribution in [3.05, 3.63) is 34.9 Å². The third-order valence-electron chi connectivity index (χ3n) is 8.99. The first-order chi connectivity index (χ1) is 20.1. The number of aliphatic carboxylic acids is 1. The number of carbonyl (C=O) groups excluding carboxylic acids is 4. The van der Waals surface area contributed by atoms with Crippen molar-refractivity contribution in [1.29, 1.82) is 0 Å². The van der Waals surface area contributed by atoms with E-state index in [-0.39, 0.29) is 24.0 Å². The Morgan fingerprint density at radius 2 is 1.81 bits per heavy atom. The highest BCUT2D eigenvalue weighted by atomic mass is 16.4. The Kier molecular flexibility index (Phi) is 8.82. The van der Waals surface area contributed by atoms with Crippen molar-refractivity contribution in [3.63, 3.8) is 0 Å². The lowest BCUT2D eigenvalue weighted by molar-refractivity contribution is -0.179. The SMILES string of the molecule is CN(C)[C@@H]1C(=O)C(C(=O)NCNC(CCCCN)C(=O)O)C(=O)[C@@]2(O)C(=O)C3=C(O)c4c(O)cccc4[C@@](C)(O)[C@H]3C[C@@H]12. The smallest absolute Gasteiger partial charge is 0.320 e. The van der Waals surface area contributed by atoms with Gasteiger partial charge in [-0.1, -0.05) is 18.6 Å². The minimum atomic E-state index is -2.93. The van der Waals surface area contributed by atoms with Gasteiger partial charge in [0.25, 0.3) is 0 Å². The number of aliphatic hydroxyl groups excluding tert-OH is 1. The number of rotatable bonds is 10. The number of hydrogen-bond acceptors (Lipinski definition) is 12. The molecule has 0 bridgehead atoms. The van der Waals surface area contributed by atoms with E-state index in [1.807, 2.05) is 0 Å². The fraction of sp³-hybridized carbons (Fsp3) is 0.552. The van der Waals surface area contributed by atoms with Crippen LogP contribution in [0.25, 0.3) is 5.76 Å². The second kappa shape index (κ2) is 11.8. The number of carboxylic acids is 1. The maximum Gasteiger partial charge on any atom is 0.320 e. The monoisotopic (exact) mass is 602 g/mol. The van der Waals surface area contributed by atoms with Crippen molar-refractivity contribution in [2.45, 2.75) is 55.9 Å². The van der Waals surface area contributed by atoms with Crippen molar-refractivity contribution in [2.75, 3.05) is 27.3 Å². The summed E-state index contributed by atoms with van der Waals surface area (Å²) in [5, 5.41) is 59.5. The standard InChI is InChI=1S/C29H38N4O10/c1-28(42)13-7-6-9-17(34)18(13)22(35)19-14(28)11-15-21(33(2)3)23(36)20(25(38)29(15,43)24(19)37)26(39)32-12-31-16(27(40)41)8-4-5-10-30/h6-7,9,14-16,20-21,31,34-35,42-43H,4-5,8,10-12,30H2,1-3H3,(H,32,39)(H,40,41)/t14-,15-,16?,20?,21-,28+,29-/m0/s1. The van der Waals surface area contributed by atoms with Crippen LogP contribution in [0.2, 0.25) is 0 Å². The molecule has 3 aliphatic rings. The zero-order chi connectivity index (χ0) is 32.0. The van der Waals surface area contributed by atoms with Crippen LogP contribution in [0, 0.1) is 17.8 Å². The van der Waals surface area contributed by atoms with Crippen molar-refractivity contribution in [1.82, 2.24) is 15.5 Å². The third-order valence-corrected chi connectivity index (χ3v) is 8.99. The third kappa shape index (κ3) is 5.12. The molecular weight excluding hydrogens is 564 g/mol. The first kappa shape index (κ1) is 32.2. The summed E-state index contributed by atoms with van der Waals surface area (Å²) >= 11 is 0. The van der Waals surface area contributed by atoms with Crippen molar-refractivity contribution < 1.29 is 49.5 Å². The van der Waals surface area contributed by atoms with E-state index in [4.69, 9.17) is 5.73 Å². The Labute approximate surface area is 247 Å². The minimum Gasteiger partial charge on any atom is -0.507 e. The van der Waals surface area contributed by atoms with Crippen LogP contribution in [0.5, 0.6) is 5.75 Å². The normalized spacial score (nSPS) is 30.9. The highest BCUT2D eigenvalue weighted by molar-refractivity contribution is 6.32. The van der Waals surface area contributed by atoms with E-state index in [1.165, 1.54) is 44.1 Å². The van der Waals surface area contributed by atoms with E-state index in [2.05, 4.69) is 10.6 Å². The summed E-state index contributed by atoms with van der Waals surface area (Å²) < 4.78 is 0. The lowest BCUT2D eigenvalue weighted by Gasteiger charge is -2.53. The summed E-state index contributed by atoms with van der Waals surface area (Å²) in [4.78, 5) is 67.8. The fourth-order valence-electron chi connectivity index (χ4n) is 6.79. The number of nitrogens with zero attached hydrogens (tertiary/aromatic N) is 1. The van der Waals surface area contributed by atoms with E-state index >= 15 is 0 Å². The fourth-order valence-corrected chi connectivity index (χ4v) is 6.79. The molecule has 14 nitrogen and oxygen atoms in total. The predicted molar refractivity (Wildman–Crippen MR) is 150 cm³/mol. The number of aliphatic hydroxyl groups is 3. The quantitative estimate of drug-likeness (QED) is 0.0889. The summed E-state index contributed by atoms with van der Waals surface area (Å²) in [6.07, 6.45) is 1.03. The molecule has 0 aliphatic heterocycles. The number of nitrogens with one attached hydrogen (secondary N) is 2. The highest BCUT2D eigenvalue weighted by Gasteiger charge is 2.69. The van der Waals surface area contributed by atoms with Gasteiger partial charge in [0.05, 0.1) is 23.9 Å². The summed E-state index contributed by atoms with van der Waals surface area (Å²) in [6, 6.07) is 1.80. The molecule has 14 heteroatoms. The molecule has 0 saturated heterocycles. The van der Waals surface area contributed by atoms with Crippen LogP contribution in [-0.4, -0.2) is 105 Å². The lowest BCUT2D eigenvalue weighted by Crippen LogP contribution is -2.73. The number of ketones is 3. The van der Waals surface area contributed by atoms with Crippen LogP contribution in [0.1, 0.15) is 43.7 Å². The van der Waals surface area contributed by atoms with E-state index in [9.17, 15) is 49.5 Å². The van der Waals surface area contributed by atoms with Crippen molar-refractivity contribution >= 4 is 35.0 Å². The number of phenols is 1. The molecule has 4 rings (SSSR count). The second-order valence-electron chi connectivity index (χ2n) is 11.8. The average Bonchev–Trinajstić information content (AvgIpc) is 2.92. The Morgan fingerprint density at radius 1 is 1.14 bits per heavy atom. The van der Waals surface area contributed by atoms with Gasteiger partial charge in [0, 0.05) is 17.4 Å². The molecule has 2 saturated carbocycles. The molecule has 7 atom stereocenters. The number of carbonyl (C=O) groups is 5. The van der Waals surface area contributed by atoms with Gasteiger partial charge in [-0.3, -0.25) is 34.2 Å². The Hall–Kier alpha value is -3.69. The van der Waals surface area contributed by atoms with Gasteiger partial charge < -0.3 is 36.6 Å². The topological polar surface area (TPSA) is 240 Å². The van der Waals surface area contributed by atoms with E-state index in [0.29, 0.717) is 19.4 Å². The van der Waals surface area contributed by atoms with Gasteiger partial charge in [0.15, 0.2) is 23.1 Å². The lowest BCUT2D eigenvalue weighted by atomic mass is 9.52. The molecule has 43 heavy (non-hydrogen) atoms. The molecule has 3 aliphatic carbocycles. The summed E-state index contributed by atoms with van der Waals surface area (Å²) in [5.74, 6) is -11.7. The molecule has 2 fully saturated rings. The molecule has 2 unspecified atom stereocenters. The second-order valence-corrected chi connectivity index (χ2v) is 11.8. The number of fused-ring (bicyclic) bond motifs is 3. The largest absolute Gasteiger partial charge is 0.507 e. The highest BCUT2D eigenvalue weighted by Crippen LogP contribution is 2.56. The van der Waals surface area contributed by atoms with Crippen LogP contribution >= 0.6 is 0 Å². The van der Waals surface area contributed by atoms with Crippen LogP contribution in [-0.2, 0) is 29.6 Å². The van der Waals surface area contributed by atoms with Crippen LogP contribution < -0.4 is 16.4 Å². The van der Waals surface area contributed by atoms with E-state index in [0.717, 1.165) is 0 Å². The molecule has 234 valence electrons. The number of benzene rings is 1. The number of nitrogens with two attached hydrogens (primary N) is 1. The number of carboxylic acid groups (broad SMARTS) is 1. The summed E-state index contributed by atoms with van der Waals surface area (Å²) in [7, 11) is 2.96. The molecule has 1 aromatic rings. The van der Waals surface area contributed by atoms with Gasteiger partial charge in [-0.25, -0.2) is 0 Å². The van der Waals surface area contributed by atoms with Gasteiger partial charge in [-0.05, 0) is 58.5 Å². The number of phenolic OH excluding ortho intramolecular Hbond substituents is 1. The van der Waals surface area contributed by atoms with Crippen molar-refractivity contribution in [2.24, 2.45) is 23.5 Å². The number of aromatic hydroxyl groups is 1. The van der Waals surface area contributed by atoms with E-state index < -0.39 is 94.0 Å². The molecule has 0 aromatic heterocycles. The van der Waals surface area contributed by atoms with Crippen LogP contribution in [0.4, 0.5) is 0 Å². The average molecular weight is 603 g/mol. The van der Waals surface area contributed by atoms with Crippen molar-refractivity contribution in [3.8, 4) is 5.75 Å². The van der Waals surface area contributed by atoms with Gasteiger partial charge in [0.2, 0.25) is 11.7 Å². The van der Waals surface area contributed by atoms with Gasteiger partial charge in [-0.2, -0.15) is 0 Å². The maximum absolute atomic E-state index is 14.1. The Bertz CT molecular complexity index is 1390. The zero-order valence-electron chi connectivity index (χ0n) is 24.2.